The second-order valence-electron chi connectivity index (χ2n) is 3.75. The first-order valence-corrected chi connectivity index (χ1v) is 8.35. The first-order valence-electron chi connectivity index (χ1n) is 5.78. The largest absolute Gasteiger partial charge is 0.352 e. The van der Waals surface area contributed by atoms with E-state index in [1.54, 1.807) is 0 Å². The van der Waals surface area contributed by atoms with Crippen LogP contribution in [0, 0.1) is 0 Å². The maximum Gasteiger partial charge on any atom is 0.315 e. The second kappa shape index (κ2) is 5.30. The van der Waals surface area contributed by atoms with Gasteiger partial charge in [0.1, 0.15) is 0 Å². The Hall–Kier alpha value is -0.843. The van der Waals surface area contributed by atoms with Crippen molar-refractivity contribution in [3.05, 3.63) is 6.33 Å². The molecule has 1 aromatic heterocycles. The van der Waals surface area contributed by atoms with Crippen molar-refractivity contribution in [2.45, 2.75) is 45.8 Å². The van der Waals surface area contributed by atoms with Crippen LogP contribution in [-0.2, 0) is 0 Å². The highest BCUT2D eigenvalue weighted by Crippen LogP contribution is 2.28. The van der Waals surface area contributed by atoms with E-state index in [1.165, 1.54) is 24.5 Å². The Balaban J connectivity index is 2.98. The van der Waals surface area contributed by atoms with Gasteiger partial charge in [-0.2, -0.15) is 4.98 Å². The maximum absolute atomic E-state index is 5.20. The van der Waals surface area contributed by atoms with E-state index in [9.17, 15) is 0 Å². The van der Waals surface area contributed by atoms with Crippen molar-refractivity contribution in [2.75, 3.05) is 11.1 Å². The molecule has 5 heteroatoms. The lowest BCUT2D eigenvalue weighted by Crippen LogP contribution is -2.52. The molecule has 0 unspecified atom stereocenters. The van der Waals surface area contributed by atoms with Crippen molar-refractivity contribution in [3.63, 3.8) is 0 Å². The fourth-order valence-electron chi connectivity index (χ4n) is 2.28. The molecule has 1 heterocycles. The predicted octanol–water partition coefficient (Wildman–Crippen LogP) is 2.90. The van der Waals surface area contributed by atoms with Gasteiger partial charge in [-0.1, -0.05) is 25.9 Å². The van der Waals surface area contributed by atoms with Crippen LogP contribution in [0.4, 0.5) is 6.01 Å². The number of anilines is 1. The quantitative estimate of drug-likeness (QED) is 0.701. The van der Waals surface area contributed by atoms with Gasteiger partial charge in [-0.25, -0.2) is 0 Å². The molecule has 0 bridgehead atoms. The van der Waals surface area contributed by atoms with Gasteiger partial charge in [-0.05, 0) is 25.1 Å². The lowest BCUT2D eigenvalue weighted by atomic mass is 10.7. The van der Waals surface area contributed by atoms with Crippen molar-refractivity contribution in [1.82, 2.24) is 10.1 Å². The molecule has 0 atom stereocenters. The molecule has 1 rings (SSSR count). The highest BCUT2D eigenvalue weighted by molar-refractivity contribution is 6.82. The van der Waals surface area contributed by atoms with Crippen LogP contribution in [0.5, 0.6) is 0 Å². The molecule has 0 N–H and O–H groups in total. The van der Waals surface area contributed by atoms with Gasteiger partial charge in [0.25, 0.3) is 0 Å². The molecule has 1 aromatic rings. The van der Waals surface area contributed by atoms with Gasteiger partial charge >= 0.3 is 6.01 Å². The van der Waals surface area contributed by atoms with Crippen molar-refractivity contribution < 1.29 is 4.52 Å². The first-order chi connectivity index (χ1) is 7.24. The van der Waals surface area contributed by atoms with E-state index < -0.39 is 8.24 Å². The minimum Gasteiger partial charge on any atom is -0.352 e. The fraction of sp³-hybridized carbons (Fsp3) is 0.800. The molecule has 0 saturated carbocycles. The van der Waals surface area contributed by atoms with Crippen LogP contribution in [0.2, 0.25) is 18.1 Å². The number of hydrogen-bond acceptors (Lipinski definition) is 4. The van der Waals surface area contributed by atoms with Gasteiger partial charge in [0.15, 0.2) is 14.6 Å². The molecule has 0 aromatic carbocycles. The predicted molar refractivity (Wildman–Crippen MR) is 64.5 cm³/mol. The third-order valence-corrected chi connectivity index (χ3v) is 9.05. The second-order valence-corrected chi connectivity index (χ2v) is 8.86. The maximum atomic E-state index is 5.20. The molecule has 0 fully saturated rings. The number of rotatable bonds is 6. The Morgan fingerprint density at radius 3 is 2.13 bits per heavy atom. The monoisotopic (exact) mass is 227 g/mol. The molecule has 0 aliphatic heterocycles. The summed E-state index contributed by atoms with van der Waals surface area (Å²) in [5.74, 6) is 0. The Morgan fingerprint density at radius 1 is 1.20 bits per heavy atom. The van der Waals surface area contributed by atoms with Crippen molar-refractivity contribution in [3.8, 4) is 0 Å². The SMILES string of the molecule is CCN(c1ncno1)[Si](CC)(CC)CC. The van der Waals surface area contributed by atoms with E-state index in [-0.39, 0.29) is 0 Å². The zero-order chi connectivity index (χ0) is 11.3. The van der Waals surface area contributed by atoms with Crippen LogP contribution in [0.15, 0.2) is 10.9 Å². The van der Waals surface area contributed by atoms with Gasteiger partial charge < -0.3 is 9.09 Å². The zero-order valence-electron chi connectivity index (χ0n) is 10.2. The van der Waals surface area contributed by atoms with Crippen molar-refractivity contribution in [1.29, 1.82) is 0 Å². The summed E-state index contributed by atoms with van der Waals surface area (Å²) >= 11 is 0. The van der Waals surface area contributed by atoms with Gasteiger partial charge in [-0.3, -0.25) is 0 Å². The van der Waals surface area contributed by atoms with Gasteiger partial charge in [-0.15, -0.1) is 0 Å². The summed E-state index contributed by atoms with van der Waals surface area (Å²) in [6.07, 6.45) is 1.48. The van der Waals surface area contributed by atoms with Gasteiger partial charge in [0.2, 0.25) is 0 Å². The molecule has 0 aliphatic rings. The molecular formula is C10H21N3OSi. The molecule has 15 heavy (non-hydrogen) atoms. The fourth-order valence-corrected chi connectivity index (χ4v) is 6.10. The molecular weight excluding hydrogens is 206 g/mol. The summed E-state index contributed by atoms with van der Waals surface area (Å²) in [6, 6.07) is 4.40. The van der Waals surface area contributed by atoms with Crippen LogP contribution in [0.3, 0.4) is 0 Å². The third kappa shape index (κ3) is 2.22. The number of nitrogens with zero attached hydrogens (tertiary/aromatic N) is 3. The van der Waals surface area contributed by atoms with E-state index >= 15 is 0 Å². The van der Waals surface area contributed by atoms with Crippen molar-refractivity contribution >= 4 is 14.3 Å². The number of hydrogen-bond donors (Lipinski definition) is 0. The Kier molecular flexibility index (Phi) is 4.32. The minimum atomic E-state index is -1.41. The Morgan fingerprint density at radius 2 is 1.80 bits per heavy atom. The number of aromatic nitrogens is 2. The normalized spacial score (nSPS) is 11.7. The van der Waals surface area contributed by atoms with E-state index in [0.717, 1.165) is 6.54 Å². The molecule has 0 aliphatic carbocycles. The van der Waals surface area contributed by atoms with E-state index in [0.29, 0.717) is 6.01 Å². The molecule has 4 nitrogen and oxygen atoms in total. The zero-order valence-corrected chi connectivity index (χ0v) is 11.2. The van der Waals surface area contributed by atoms with Crippen LogP contribution in [-0.4, -0.2) is 24.9 Å². The molecule has 0 radical (unpaired) electrons. The third-order valence-electron chi connectivity index (χ3n) is 3.44. The smallest absolute Gasteiger partial charge is 0.315 e. The van der Waals surface area contributed by atoms with Crippen LogP contribution in [0.1, 0.15) is 27.7 Å². The van der Waals surface area contributed by atoms with E-state index in [2.05, 4.69) is 42.4 Å². The average molecular weight is 227 g/mol. The standard InChI is InChI=1S/C10H21N3OSi/c1-5-13(10-11-9-12-14-10)15(6-2,7-3)8-4/h9H,5-8H2,1-4H3. The van der Waals surface area contributed by atoms with E-state index in [1.807, 2.05) is 0 Å². The van der Waals surface area contributed by atoms with Crippen LogP contribution >= 0.6 is 0 Å². The summed E-state index contributed by atoms with van der Waals surface area (Å²) in [5, 5.41) is 3.70. The first kappa shape index (κ1) is 12.2. The summed E-state index contributed by atoms with van der Waals surface area (Å²) in [4.78, 5) is 4.18. The summed E-state index contributed by atoms with van der Waals surface area (Å²) < 4.78 is 7.56. The van der Waals surface area contributed by atoms with Crippen molar-refractivity contribution in [2.24, 2.45) is 0 Å². The van der Waals surface area contributed by atoms with Crippen LogP contribution in [0.25, 0.3) is 0 Å². The molecule has 86 valence electrons. The Bertz CT molecular complexity index is 264. The summed E-state index contributed by atoms with van der Waals surface area (Å²) in [5.41, 5.74) is 0. The lowest BCUT2D eigenvalue weighted by Gasteiger charge is -2.38. The lowest BCUT2D eigenvalue weighted by molar-refractivity contribution is 0.422. The average Bonchev–Trinajstić information content (AvgIpc) is 2.79. The van der Waals surface area contributed by atoms with E-state index in [4.69, 9.17) is 4.52 Å². The van der Waals surface area contributed by atoms with Gasteiger partial charge in [0, 0.05) is 6.54 Å². The highest BCUT2D eigenvalue weighted by Gasteiger charge is 2.36. The summed E-state index contributed by atoms with van der Waals surface area (Å²) in [6.45, 7) is 9.95. The minimum absolute atomic E-state index is 0.703. The van der Waals surface area contributed by atoms with Gasteiger partial charge in [0.05, 0.1) is 0 Å². The summed E-state index contributed by atoms with van der Waals surface area (Å²) in [7, 11) is -1.41. The molecule has 0 saturated heterocycles. The Labute approximate surface area is 92.8 Å². The molecule has 0 amide bonds. The highest BCUT2D eigenvalue weighted by atomic mass is 28.3. The molecule has 0 spiro atoms. The van der Waals surface area contributed by atoms with Crippen LogP contribution < -0.4 is 4.57 Å². The topological polar surface area (TPSA) is 42.2 Å².